The summed E-state index contributed by atoms with van der Waals surface area (Å²) in [5, 5.41) is 3.80. The summed E-state index contributed by atoms with van der Waals surface area (Å²) in [6, 6.07) is -0.925. The number of urea groups is 1. The lowest BCUT2D eigenvalue weighted by Gasteiger charge is -2.14. The molecule has 0 rings (SSSR count). The van der Waals surface area contributed by atoms with E-state index in [1.807, 2.05) is 0 Å². The van der Waals surface area contributed by atoms with Crippen LogP contribution in [0.15, 0.2) is 0 Å². The Morgan fingerprint density at radius 3 is 2.20 bits per heavy atom. The SMILES string of the molecule is COC(CNC(=O)NCC(F)(F)F)OC. The van der Waals surface area contributed by atoms with Crippen LogP contribution in [0.4, 0.5) is 18.0 Å². The molecule has 0 aromatic rings. The number of carbonyl (C=O) groups is 1. The van der Waals surface area contributed by atoms with Crippen molar-refractivity contribution in [2.45, 2.75) is 12.5 Å². The molecular weight excluding hydrogens is 217 g/mol. The van der Waals surface area contributed by atoms with Crippen molar-refractivity contribution >= 4 is 6.03 Å². The van der Waals surface area contributed by atoms with Gasteiger partial charge in [-0.1, -0.05) is 0 Å². The van der Waals surface area contributed by atoms with E-state index in [0.29, 0.717) is 0 Å². The quantitative estimate of drug-likeness (QED) is 0.675. The summed E-state index contributed by atoms with van der Waals surface area (Å²) in [5.41, 5.74) is 0. The van der Waals surface area contributed by atoms with Crippen molar-refractivity contribution < 1.29 is 27.4 Å². The fourth-order valence-electron chi connectivity index (χ4n) is 0.682. The van der Waals surface area contributed by atoms with Gasteiger partial charge in [-0.2, -0.15) is 13.2 Å². The van der Waals surface area contributed by atoms with Crippen LogP contribution >= 0.6 is 0 Å². The minimum atomic E-state index is -4.42. The second-order valence-corrected chi connectivity index (χ2v) is 2.58. The normalized spacial score (nSPS) is 11.6. The van der Waals surface area contributed by atoms with Gasteiger partial charge in [0.1, 0.15) is 6.54 Å². The Labute approximate surface area is 84.9 Å². The Bertz CT molecular complexity index is 194. The number of ether oxygens (including phenoxy) is 2. The molecule has 0 saturated carbocycles. The first-order valence-electron chi connectivity index (χ1n) is 4.03. The molecule has 90 valence electrons. The van der Waals surface area contributed by atoms with Gasteiger partial charge in [0.15, 0.2) is 6.29 Å². The van der Waals surface area contributed by atoms with Crippen LogP contribution < -0.4 is 10.6 Å². The van der Waals surface area contributed by atoms with E-state index in [1.165, 1.54) is 14.2 Å². The third kappa shape index (κ3) is 8.01. The van der Waals surface area contributed by atoms with Crippen molar-refractivity contribution in [2.75, 3.05) is 27.3 Å². The molecular formula is C7H13F3N2O3. The van der Waals surface area contributed by atoms with Gasteiger partial charge in [-0.3, -0.25) is 0 Å². The molecule has 0 fully saturated rings. The molecule has 8 heteroatoms. The molecule has 0 saturated heterocycles. The van der Waals surface area contributed by atoms with Crippen LogP contribution in [-0.4, -0.2) is 45.8 Å². The molecule has 0 aliphatic rings. The van der Waals surface area contributed by atoms with Crippen LogP contribution in [0, 0.1) is 0 Å². The molecule has 2 amide bonds. The van der Waals surface area contributed by atoms with Crippen LogP contribution in [0.3, 0.4) is 0 Å². The van der Waals surface area contributed by atoms with E-state index in [0.717, 1.165) is 0 Å². The number of rotatable bonds is 5. The van der Waals surface area contributed by atoms with Crippen molar-refractivity contribution in [3.63, 3.8) is 0 Å². The van der Waals surface area contributed by atoms with Gasteiger partial charge in [-0.05, 0) is 0 Å². The largest absolute Gasteiger partial charge is 0.405 e. The number of carbonyl (C=O) groups excluding carboxylic acids is 1. The van der Waals surface area contributed by atoms with Gasteiger partial charge < -0.3 is 20.1 Å². The third-order valence-corrected chi connectivity index (χ3v) is 1.40. The average molecular weight is 230 g/mol. The zero-order valence-electron chi connectivity index (χ0n) is 8.35. The van der Waals surface area contributed by atoms with Gasteiger partial charge in [0.25, 0.3) is 0 Å². The highest BCUT2D eigenvalue weighted by atomic mass is 19.4. The molecule has 0 atom stereocenters. The van der Waals surface area contributed by atoms with E-state index in [1.54, 1.807) is 5.32 Å². The molecule has 0 aliphatic carbocycles. The second kappa shape index (κ2) is 6.46. The monoisotopic (exact) mass is 230 g/mol. The van der Waals surface area contributed by atoms with Crippen LogP contribution in [-0.2, 0) is 9.47 Å². The number of alkyl halides is 3. The number of methoxy groups -OCH3 is 2. The zero-order chi connectivity index (χ0) is 11.9. The fraction of sp³-hybridized carbons (Fsp3) is 0.857. The summed E-state index contributed by atoms with van der Waals surface area (Å²) in [6.45, 7) is -1.40. The van der Waals surface area contributed by atoms with Crippen molar-refractivity contribution in [1.82, 2.24) is 10.6 Å². The highest BCUT2D eigenvalue weighted by Gasteiger charge is 2.27. The van der Waals surface area contributed by atoms with Gasteiger partial charge in [-0.15, -0.1) is 0 Å². The number of hydrogen-bond donors (Lipinski definition) is 2. The Kier molecular flexibility index (Phi) is 6.02. The highest BCUT2D eigenvalue weighted by Crippen LogP contribution is 2.11. The lowest BCUT2D eigenvalue weighted by Crippen LogP contribution is -2.44. The molecule has 15 heavy (non-hydrogen) atoms. The number of nitrogens with one attached hydrogen (secondary N) is 2. The minimum absolute atomic E-state index is 0.0311. The number of amides is 2. The topological polar surface area (TPSA) is 59.6 Å². The third-order valence-electron chi connectivity index (χ3n) is 1.40. The molecule has 2 N–H and O–H groups in total. The first-order chi connectivity index (χ1) is 6.89. The summed E-state index contributed by atoms with van der Waals surface area (Å²) in [6.07, 6.45) is -5.10. The van der Waals surface area contributed by atoms with E-state index in [9.17, 15) is 18.0 Å². The van der Waals surface area contributed by atoms with Crippen molar-refractivity contribution in [1.29, 1.82) is 0 Å². The summed E-state index contributed by atoms with van der Waals surface area (Å²) in [4.78, 5) is 10.8. The van der Waals surface area contributed by atoms with E-state index in [-0.39, 0.29) is 6.54 Å². The number of hydrogen-bond acceptors (Lipinski definition) is 3. The molecule has 0 aromatic heterocycles. The van der Waals surface area contributed by atoms with Crippen molar-refractivity contribution in [2.24, 2.45) is 0 Å². The molecule has 0 radical (unpaired) electrons. The Morgan fingerprint density at radius 2 is 1.80 bits per heavy atom. The smallest absolute Gasteiger partial charge is 0.354 e. The predicted molar refractivity (Wildman–Crippen MR) is 45.3 cm³/mol. The van der Waals surface area contributed by atoms with E-state index < -0.39 is 25.0 Å². The first kappa shape index (κ1) is 14.0. The first-order valence-corrected chi connectivity index (χ1v) is 4.03. The maximum Gasteiger partial charge on any atom is 0.405 e. The van der Waals surface area contributed by atoms with Crippen LogP contribution in [0.2, 0.25) is 0 Å². The lowest BCUT2D eigenvalue weighted by atomic mass is 10.6. The van der Waals surface area contributed by atoms with E-state index >= 15 is 0 Å². The van der Waals surface area contributed by atoms with Gasteiger partial charge in [-0.25, -0.2) is 4.79 Å². The maximum atomic E-state index is 11.7. The molecule has 0 heterocycles. The van der Waals surface area contributed by atoms with E-state index in [4.69, 9.17) is 9.47 Å². The van der Waals surface area contributed by atoms with Gasteiger partial charge >= 0.3 is 12.2 Å². The van der Waals surface area contributed by atoms with Crippen LogP contribution in [0.1, 0.15) is 0 Å². The van der Waals surface area contributed by atoms with Crippen molar-refractivity contribution in [3.05, 3.63) is 0 Å². The molecule has 0 aliphatic heterocycles. The van der Waals surface area contributed by atoms with Gasteiger partial charge in [0, 0.05) is 14.2 Å². The summed E-state index contributed by atoms with van der Waals surface area (Å²) >= 11 is 0. The standard InChI is InChI=1S/C7H13F3N2O3/c1-14-5(15-2)3-11-6(13)12-4-7(8,9)10/h5H,3-4H2,1-2H3,(H2,11,12,13). The zero-order valence-corrected chi connectivity index (χ0v) is 8.35. The Hall–Kier alpha value is -1.02. The van der Waals surface area contributed by atoms with Gasteiger partial charge in [0.05, 0.1) is 6.54 Å². The minimum Gasteiger partial charge on any atom is -0.354 e. The van der Waals surface area contributed by atoms with E-state index in [2.05, 4.69) is 5.32 Å². The highest BCUT2D eigenvalue weighted by molar-refractivity contribution is 5.73. The number of halogens is 3. The molecule has 0 aromatic carbocycles. The Balaban J connectivity index is 3.66. The lowest BCUT2D eigenvalue weighted by molar-refractivity contribution is -0.123. The second-order valence-electron chi connectivity index (χ2n) is 2.58. The average Bonchev–Trinajstić information content (AvgIpc) is 2.15. The molecule has 0 bridgehead atoms. The van der Waals surface area contributed by atoms with Crippen LogP contribution in [0.5, 0.6) is 0 Å². The molecule has 5 nitrogen and oxygen atoms in total. The summed E-state index contributed by atoms with van der Waals surface area (Å²) in [7, 11) is 2.70. The molecule has 0 spiro atoms. The summed E-state index contributed by atoms with van der Waals surface area (Å²) in [5.74, 6) is 0. The van der Waals surface area contributed by atoms with Crippen LogP contribution in [0.25, 0.3) is 0 Å². The predicted octanol–water partition coefficient (Wildman–Crippen LogP) is 0.467. The summed E-state index contributed by atoms with van der Waals surface area (Å²) < 4.78 is 44.4. The maximum absolute atomic E-state index is 11.7. The molecule has 0 unspecified atom stereocenters. The fourth-order valence-corrected chi connectivity index (χ4v) is 0.682. The van der Waals surface area contributed by atoms with Gasteiger partial charge in [0.2, 0.25) is 0 Å². The van der Waals surface area contributed by atoms with Crippen molar-refractivity contribution in [3.8, 4) is 0 Å². The Morgan fingerprint density at radius 1 is 1.27 bits per heavy atom.